The first-order chi connectivity index (χ1) is 18.8. The van der Waals surface area contributed by atoms with Crippen molar-refractivity contribution in [1.82, 2.24) is 24.5 Å². The highest BCUT2D eigenvalue weighted by molar-refractivity contribution is 7.84. The lowest BCUT2D eigenvalue weighted by atomic mass is 9.87. The predicted octanol–water partition coefficient (Wildman–Crippen LogP) is 3.54. The lowest BCUT2D eigenvalue weighted by Crippen LogP contribution is -2.51. The number of rotatable bonds is 5. The second-order valence-corrected chi connectivity index (χ2v) is 12.4. The summed E-state index contributed by atoms with van der Waals surface area (Å²) in [6.07, 6.45) is 9.49. The van der Waals surface area contributed by atoms with Crippen molar-refractivity contribution in [2.24, 2.45) is 0 Å². The molecule has 1 amide bonds. The number of aromatic nitrogens is 4. The van der Waals surface area contributed by atoms with E-state index in [1.807, 2.05) is 53.6 Å². The van der Waals surface area contributed by atoms with Crippen LogP contribution in [0.15, 0.2) is 59.8 Å². The molecule has 2 bridgehead atoms. The van der Waals surface area contributed by atoms with Gasteiger partial charge >= 0.3 is 0 Å². The Labute approximate surface area is 228 Å². The molecule has 2 saturated heterocycles. The van der Waals surface area contributed by atoms with Crippen LogP contribution >= 0.6 is 0 Å². The van der Waals surface area contributed by atoms with Gasteiger partial charge in [-0.05, 0) is 44.6 Å². The summed E-state index contributed by atoms with van der Waals surface area (Å²) in [4.78, 5) is 25.2. The van der Waals surface area contributed by atoms with E-state index in [0.717, 1.165) is 40.9 Å². The molecule has 0 spiro atoms. The van der Waals surface area contributed by atoms with Crippen LogP contribution in [-0.4, -0.2) is 63.6 Å². The number of benzene rings is 1. The molecule has 1 aromatic carbocycles. The van der Waals surface area contributed by atoms with Crippen LogP contribution in [0.5, 0.6) is 0 Å². The van der Waals surface area contributed by atoms with Crippen LogP contribution in [0.25, 0.3) is 28.0 Å². The number of nitrogens with zero attached hydrogens (tertiary/aromatic N) is 5. The third kappa shape index (κ3) is 3.96. The van der Waals surface area contributed by atoms with Crippen LogP contribution in [0.4, 0.5) is 5.82 Å². The molecule has 3 N–H and O–H groups in total. The van der Waals surface area contributed by atoms with Crippen molar-refractivity contribution >= 4 is 28.2 Å². The maximum Gasteiger partial charge on any atom is 0.255 e. The van der Waals surface area contributed by atoms with E-state index in [-0.39, 0.29) is 23.9 Å². The molecule has 0 radical (unpaired) electrons. The average molecular weight is 543 g/mol. The van der Waals surface area contributed by atoms with Gasteiger partial charge in [0.1, 0.15) is 16.3 Å². The van der Waals surface area contributed by atoms with Gasteiger partial charge in [0.2, 0.25) is 0 Å². The molecule has 5 heterocycles. The van der Waals surface area contributed by atoms with Crippen molar-refractivity contribution in [1.29, 1.82) is 0 Å². The van der Waals surface area contributed by atoms with Gasteiger partial charge in [-0.25, -0.2) is 4.98 Å². The van der Waals surface area contributed by atoms with Crippen molar-refractivity contribution < 1.29 is 14.1 Å². The van der Waals surface area contributed by atoms with Gasteiger partial charge < -0.3 is 15.7 Å². The Morgan fingerprint density at radius 3 is 2.38 bits per heavy atom. The number of nitrogens with two attached hydrogens (primary N) is 1. The highest BCUT2D eigenvalue weighted by Gasteiger charge is 2.55. The molecule has 1 saturated carbocycles. The van der Waals surface area contributed by atoms with Crippen LogP contribution in [0.2, 0.25) is 0 Å². The lowest BCUT2D eigenvalue weighted by molar-refractivity contribution is -0.147. The fraction of sp³-hybridized carbons (Fsp3) is 0.379. The molecular formula is C29H30N6O3S. The van der Waals surface area contributed by atoms with E-state index in [2.05, 4.69) is 10.1 Å². The third-order valence-corrected chi connectivity index (χ3v) is 9.56. The van der Waals surface area contributed by atoms with Gasteiger partial charge in [-0.3, -0.25) is 14.0 Å². The Kier molecular flexibility index (Phi) is 5.61. The summed E-state index contributed by atoms with van der Waals surface area (Å²) in [6.45, 7) is 0. The van der Waals surface area contributed by atoms with E-state index < -0.39 is 16.4 Å². The number of carbonyl (C=O) groups is 1. The van der Waals surface area contributed by atoms with Gasteiger partial charge in [-0.1, -0.05) is 36.4 Å². The number of fused-ring (bicyclic) bond motifs is 3. The van der Waals surface area contributed by atoms with Gasteiger partial charge in [-0.15, -0.1) is 0 Å². The monoisotopic (exact) mass is 542 g/mol. The van der Waals surface area contributed by atoms with E-state index in [1.165, 1.54) is 0 Å². The Morgan fingerprint density at radius 2 is 1.77 bits per heavy atom. The van der Waals surface area contributed by atoms with Gasteiger partial charge in [0, 0.05) is 47.1 Å². The van der Waals surface area contributed by atoms with Crippen LogP contribution in [0, 0.1) is 0 Å². The number of pyridine rings is 1. The lowest BCUT2D eigenvalue weighted by Gasteiger charge is -2.40. The third-order valence-electron chi connectivity index (χ3n) is 8.57. The second-order valence-electron chi connectivity index (χ2n) is 11.1. The zero-order chi connectivity index (χ0) is 26.9. The number of nitrogen functional groups attached to an aromatic ring is 1. The highest BCUT2D eigenvalue weighted by Crippen LogP contribution is 2.48. The zero-order valence-corrected chi connectivity index (χ0v) is 22.5. The highest BCUT2D eigenvalue weighted by atomic mass is 32.2. The van der Waals surface area contributed by atoms with E-state index in [4.69, 9.17) is 10.7 Å². The first-order valence-electron chi connectivity index (χ1n) is 13.4. The SMILES string of the molecule is CS(=O)c1c(C2CC3CC[C@@H](C2)N3C(=O)C2(O)CC2)nc2c(-c3ccc(-c4ccccc4)nc3)cnn2c1N. The van der Waals surface area contributed by atoms with E-state index in [9.17, 15) is 14.1 Å². The molecule has 3 aliphatic rings. The number of piperidine rings is 1. The molecule has 4 aromatic rings. The summed E-state index contributed by atoms with van der Waals surface area (Å²) >= 11 is 0. The summed E-state index contributed by atoms with van der Waals surface area (Å²) in [7, 11) is -1.37. The molecule has 1 aliphatic carbocycles. The van der Waals surface area contributed by atoms with Crippen LogP contribution < -0.4 is 5.73 Å². The molecule has 4 atom stereocenters. The first kappa shape index (κ1) is 24.4. The number of carbonyl (C=O) groups excluding carboxylic acids is 1. The van der Waals surface area contributed by atoms with Crippen LogP contribution in [0.1, 0.15) is 50.1 Å². The number of aliphatic hydroxyl groups is 1. The van der Waals surface area contributed by atoms with Crippen molar-refractivity contribution in [2.45, 2.75) is 67.0 Å². The summed E-state index contributed by atoms with van der Waals surface area (Å²) in [5.41, 5.74) is 10.3. The Balaban J connectivity index is 1.26. The van der Waals surface area contributed by atoms with Crippen molar-refractivity contribution in [3.05, 3.63) is 60.6 Å². The molecule has 3 fully saturated rings. The Bertz CT molecular complexity index is 1600. The van der Waals surface area contributed by atoms with Gasteiger partial charge in [0.05, 0.1) is 28.4 Å². The van der Waals surface area contributed by atoms with E-state index in [1.54, 1.807) is 17.0 Å². The number of anilines is 1. The molecule has 10 heteroatoms. The smallest absolute Gasteiger partial charge is 0.255 e. The maximum atomic E-state index is 13.0. The Morgan fingerprint density at radius 1 is 1.05 bits per heavy atom. The molecule has 9 nitrogen and oxygen atoms in total. The van der Waals surface area contributed by atoms with Crippen LogP contribution in [-0.2, 0) is 15.6 Å². The second kappa shape index (κ2) is 8.96. The van der Waals surface area contributed by atoms with Crippen LogP contribution in [0.3, 0.4) is 0 Å². The predicted molar refractivity (Wildman–Crippen MR) is 148 cm³/mol. The molecule has 3 unspecified atom stereocenters. The van der Waals surface area contributed by atoms with E-state index >= 15 is 0 Å². The molecule has 7 rings (SSSR count). The van der Waals surface area contributed by atoms with Crippen molar-refractivity contribution in [3.8, 4) is 22.4 Å². The summed E-state index contributed by atoms with van der Waals surface area (Å²) in [6, 6.07) is 14.1. The fourth-order valence-corrected chi connectivity index (χ4v) is 7.32. The molecule has 2 aliphatic heterocycles. The number of amides is 1. The largest absolute Gasteiger partial charge is 0.383 e. The van der Waals surface area contributed by atoms with Gasteiger partial charge in [0.25, 0.3) is 5.91 Å². The summed E-state index contributed by atoms with van der Waals surface area (Å²) in [5, 5.41) is 15.0. The minimum absolute atomic E-state index is 0.00734. The zero-order valence-electron chi connectivity index (χ0n) is 21.7. The van der Waals surface area contributed by atoms with Crippen molar-refractivity contribution in [3.63, 3.8) is 0 Å². The van der Waals surface area contributed by atoms with Gasteiger partial charge in [-0.2, -0.15) is 9.61 Å². The Hall–Kier alpha value is -3.63. The topological polar surface area (TPSA) is 127 Å². The number of hydrogen-bond acceptors (Lipinski definition) is 7. The normalized spacial score (nSPS) is 24.2. The molecule has 200 valence electrons. The minimum Gasteiger partial charge on any atom is -0.383 e. The number of hydrogen-bond donors (Lipinski definition) is 2. The quantitative estimate of drug-likeness (QED) is 0.395. The van der Waals surface area contributed by atoms with Crippen molar-refractivity contribution in [2.75, 3.05) is 12.0 Å². The van der Waals surface area contributed by atoms with Gasteiger partial charge in [0.15, 0.2) is 5.65 Å². The molecule has 39 heavy (non-hydrogen) atoms. The molecular weight excluding hydrogens is 512 g/mol. The fourth-order valence-electron chi connectivity index (χ4n) is 6.43. The summed E-state index contributed by atoms with van der Waals surface area (Å²) < 4.78 is 14.5. The van der Waals surface area contributed by atoms with E-state index in [0.29, 0.717) is 42.0 Å². The standard InChI is InChI=1S/C29H30N6O3S/c1-39(38)25-24(19-13-20-8-9-21(14-19)34(20)28(36)29(37)11-12-29)33-27-22(16-32-35(27)26(25)30)18-7-10-23(31-15-18)17-5-3-2-4-6-17/h2-7,10,15-16,19-21,37H,8-9,11-14,30H2,1H3/t19?,20-,21?,39?/m0/s1. The molecule has 3 aromatic heterocycles. The minimum atomic E-state index is -1.37. The average Bonchev–Trinajstić information content (AvgIpc) is 3.46. The maximum absolute atomic E-state index is 13.0. The first-order valence-corrected chi connectivity index (χ1v) is 15.0. The summed E-state index contributed by atoms with van der Waals surface area (Å²) in [5.74, 6) is 0.210.